The molecule has 0 amide bonds. The molecule has 9 heteroatoms. The van der Waals surface area contributed by atoms with Gasteiger partial charge < -0.3 is 14.7 Å². The van der Waals surface area contributed by atoms with Gasteiger partial charge in [0, 0.05) is 27.0 Å². The van der Waals surface area contributed by atoms with Crippen LogP contribution in [0.25, 0.3) is 0 Å². The Morgan fingerprint density at radius 1 is 1.53 bits per heavy atom. The molecule has 0 saturated carbocycles. The van der Waals surface area contributed by atoms with Crippen molar-refractivity contribution < 1.29 is 23.1 Å². The Morgan fingerprint density at radius 3 is 2.63 bits per heavy atom. The third kappa shape index (κ3) is 4.77. The summed E-state index contributed by atoms with van der Waals surface area (Å²) in [7, 11) is 0.0663. The number of aromatic nitrogens is 1. The van der Waals surface area contributed by atoms with E-state index >= 15 is 0 Å². The Bertz CT molecular complexity index is 552. The van der Waals surface area contributed by atoms with Crippen LogP contribution in [0.2, 0.25) is 0 Å². The third-order valence-corrected chi connectivity index (χ3v) is 4.41. The van der Waals surface area contributed by atoms with E-state index in [0.717, 1.165) is 17.6 Å². The molecule has 0 fully saturated rings. The predicted octanol–water partition coefficient (Wildman–Crippen LogP) is 0.469. The van der Waals surface area contributed by atoms with E-state index in [1.54, 1.807) is 11.9 Å². The van der Waals surface area contributed by atoms with Gasteiger partial charge in [0.25, 0.3) is 0 Å². The molecule has 0 saturated heterocycles. The van der Waals surface area contributed by atoms with Gasteiger partial charge in [0.1, 0.15) is 14.7 Å². The first kappa shape index (κ1) is 15.9. The van der Waals surface area contributed by atoms with Crippen molar-refractivity contribution in [2.24, 2.45) is 0 Å². The van der Waals surface area contributed by atoms with Crippen molar-refractivity contribution in [1.29, 1.82) is 0 Å². The van der Waals surface area contributed by atoms with E-state index < -0.39 is 15.8 Å². The maximum atomic E-state index is 11.1. The smallest absolute Gasteiger partial charge is 0.347 e. The van der Waals surface area contributed by atoms with Crippen molar-refractivity contribution in [2.75, 3.05) is 37.6 Å². The van der Waals surface area contributed by atoms with Crippen LogP contribution < -0.4 is 4.90 Å². The molecule has 1 aromatic rings. The maximum absolute atomic E-state index is 11.1. The summed E-state index contributed by atoms with van der Waals surface area (Å²) in [5.41, 5.74) is 0.348. The lowest BCUT2D eigenvalue weighted by Crippen LogP contribution is -2.24. The fourth-order valence-electron chi connectivity index (χ4n) is 1.30. The summed E-state index contributed by atoms with van der Waals surface area (Å²) in [6.07, 6.45) is 1.15. The van der Waals surface area contributed by atoms with Gasteiger partial charge in [-0.3, -0.25) is 0 Å². The largest absolute Gasteiger partial charge is 0.477 e. The second kappa shape index (κ2) is 6.31. The number of rotatable bonds is 7. The number of carbonyl (C=O) groups is 1. The number of hydrogen-bond donors (Lipinski definition) is 1. The van der Waals surface area contributed by atoms with Crippen molar-refractivity contribution in [3.05, 3.63) is 10.6 Å². The number of methoxy groups -OCH3 is 1. The number of ether oxygens (including phenoxy) is 1. The molecule has 1 rings (SSSR count). The highest BCUT2D eigenvalue weighted by Gasteiger charge is 2.19. The van der Waals surface area contributed by atoms with Crippen molar-refractivity contribution in [1.82, 2.24) is 4.98 Å². The van der Waals surface area contributed by atoms with Crippen LogP contribution in [-0.2, 0) is 21.2 Å². The molecule has 108 valence electrons. The maximum Gasteiger partial charge on any atom is 0.347 e. The molecule has 1 N–H and O–H groups in total. The number of nitrogens with zero attached hydrogens (tertiary/aromatic N) is 2. The molecule has 0 aliphatic heterocycles. The first-order chi connectivity index (χ1) is 8.74. The highest BCUT2D eigenvalue weighted by atomic mass is 32.2. The van der Waals surface area contributed by atoms with Crippen LogP contribution in [0.15, 0.2) is 0 Å². The van der Waals surface area contributed by atoms with Gasteiger partial charge in [-0.15, -0.1) is 0 Å². The summed E-state index contributed by atoms with van der Waals surface area (Å²) in [6, 6.07) is 0. The molecule has 19 heavy (non-hydrogen) atoms. The van der Waals surface area contributed by atoms with Crippen LogP contribution in [0, 0.1) is 0 Å². The van der Waals surface area contributed by atoms with Crippen molar-refractivity contribution in [3.8, 4) is 0 Å². The van der Waals surface area contributed by atoms with Crippen LogP contribution in [0.3, 0.4) is 0 Å². The second-order valence-corrected chi connectivity index (χ2v) is 7.30. The molecule has 0 aliphatic rings. The van der Waals surface area contributed by atoms with E-state index in [9.17, 15) is 13.2 Å². The molecule has 0 bridgehead atoms. The molecule has 1 heterocycles. The van der Waals surface area contributed by atoms with Crippen LogP contribution in [0.5, 0.6) is 0 Å². The number of carboxylic acid groups (broad SMARTS) is 1. The Labute approximate surface area is 115 Å². The number of carboxylic acids is 1. The number of aromatic carboxylic acids is 1. The Balaban J connectivity index is 2.88. The fraction of sp³-hybridized carbons (Fsp3) is 0.600. The van der Waals surface area contributed by atoms with Gasteiger partial charge in [-0.2, -0.15) is 0 Å². The normalized spacial score (nSPS) is 11.5. The second-order valence-electron chi connectivity index (χ2n) is 4.06. The van der Waals surface area contributed by atoms with E-state index in [0.29, 0.717) is 10.8 Å². The van der Waals surface area contributed by atoms with Gasteiger partial charge in [0.2, 0.25) is 0 Å². The number of sulfone groups is 1. The van der Waals surface area contributed by atoms with E-state index in [2.05, 4.69) is 4.98 Å². The Morgan fingerprint density at radius 2 is 2.16 bits per heavy atom. The first-order valence-electron chi connectivity index (χ1n) is 5.35. The molecule has 7 nitrogen and oxygen atoms in total. The van der Waals surface area contributed by atoms with E-state index in [-0.39, 0.29) is 23.8 Å². The van der Waals surface area contributed by atoms with Crippen LogP contribution >= 0.6 is 11.3 Å². The first-order valence-corrected chi connectivity index (χ1v) is 8.23. The minimum atomic E-state index is -3.06. The number of hydrogen-bond acceptors (Lipinski definition) is 7. The molecular weight excluding hydrogens is 292 g/mol. The molecular formula is C10H16N2O5S2. The third-order valence-electron chi connectivity index (χ3n) is 2.29. The van der Waals surface area contributed by atoms with Crippen molar-refractivity contribution in [3.63, 3.8) is 0 Å². The van der Waals surface area contributed by atoms with Gasteiger partial charge in [-0.25, -0.2) is 18.2 Å². The number of thiazole rings is 1. The lowest BCUT2D eigenvalue weighted by Gasteiger charge is -2.14. The van der Waals surface area contributed by atoms with Crippen LogP contribution in [0.1, 0.15) is 15.4 Å². The highest BCUT2D eigenvalue weighted by molar-refractivity contribution is 7.90. The fourth-order valence-corrected chi connectivity index (χ4v) is 2.80. The van der Waals surface area contributed by atoms with Crippen molar-refractivity contribution in [2.45, 2.75) is 6.61 Å². The monoisotopic (exact) mass is 308 g/mol. The lowest BCUT2D eigenvalue weighted by molar-refractivity contribution is 0.0697. The Hall–Kier alpha value is -1.19. The Kier molecular flexibility index (Phi) is 5.27. The SMILES string of the molecule is COCc1nc(N(C)CCS(C)(=O)=O)sc1C(=O)O. The molecule has 0 radical (unpaired) electrons. The summed E-state index contributed by atoms with van der Waals surface area (Å²) in [5.74, 6) is -1.07. The van der Waals surface area contributed by atoms with Crippen LogP contribution in [0.4, 0.5) is 5.13 Å². The molecule has 0 aliphatic carbocycles. The van der Waals surface area contributed by atoms with Crippen molar-refractivity contribution >= 4 is 32.3 Å². The van der Waals surface area contributed by atoms with Gasteiger partial charge in [-0.05, 0) is 0 Å². The molecule has 0 spiro atoms. The standard InChI is InChI=1S/C10H16N2O5S2/c1-12(4-5-19(3,15)16)10-11-7(6-17-2)8(18-10)9(13)14/h4-6H2,1-3H3,(H,13,14). The minimum absolute atomic E-state index is 0.00883. The number of anilines is 1. The summed E-state index contributed by atoms with van der Waals surface area (Å²) >= 11 is 1.01. The van der Waals surface area contributed by atoms with E-state index in [4.69, 9.17) is 9.84 Å². The van der Waals surface area contributed by atoms with Gasteiger partial charge in [0.05, 0.1) is 18.1 Å². The van der Waals surface area contributed by atoms with Crippen LogP contribution in [-0.4, -0.2) is 57.2 Å². The topological polar surface area (TPSA) is 96.8 Å². The quantitative estimate of drug-likeness (QED) is 0.782. The van der Waals surface area contributed by atoms with Gasteiger partial charge in [-0.1, -0.05) is 11.3 Å². The summed E-state index contributed by atoms with van der Waals surface area (Å²) in [6.45, 7) is 0.371. The molecule has 0 atom stereocenters. The van der Waals surface area contributed by atoms with E-state index in [1.165, 1.54) is 7.11 Å². The summed E-state index contributed by atoms with van der Waals surface area (Å²) < 4.78 is 27.1. The van der Waals surface area contributed by atoms with Gasteiger partial charge >= 0.3 is 5.97 Å². The minimum Gasteiger partial charge on any atom is -0.477 e. The predicted molar refractivity (Wildman–Crippen MR) is 72.8 cm³/mol. The lowest BCUT2D eigenvalue weighted by atomic mass is 10.4. The summed E-state index contributed by atoms with van der Waals surface area (Å²) in [4.78, 5) is 17.0. The zero-order chi connectivity index (χ0) is 14.6. The summed E-state index contributed by atoms with van der Waals surface area (Å²) in [5, 5.41) is 9.51. The molecule has 0 aromatic carbocycles. The highest BCUT2D eigenvalue weighted by Crippen LogP contribution is 2.26. The average Bonchev–Trinajstić information content (AvgIpc) is 2.69. The average molecular weight is 308 g/mol. The zero-order valence-corrected chi connectivity index (χ0v) is 12.5. The molecule has 1 aromatic heterocycles. The molecule has 0 unspecified atom stereocenters. The van der Waals surface area contributed by atoms with Gasteiger partial charge in [0.15, 0.2) is 5.13 Å². The zero-order valence-electron chi connectivity index (χ0n) is 10.9. The van der Waals surface area contributed by atoms with E-state index in [1.807, 2.05) is 0 Å².